The molecule has 7 aromatic rings. The van der Waals surface area contributed by atoms with Crippen LogP contribution in [-0.4, -0.2) is 54.7 Å². The van der Waals surface area contributed by atoms with Crippen LogP contribution in [0.3, 0.4) is 0 Å². The standard InChI is InChI=1S/C41H29ClF9N9O4S/c1-58-33-28(9-7-25(42)31(33)37(56-58)57-65(2,63)64)60-38(54-36-22(39(60)62)6-8-26(53-36)18-4-3-5-19(13-18)41(49,50)51)27(12-17-10-20(43)14-21(44)11-17)52-29(61)16-59-34-30(32(55-59)35(45)46)23-15-24(23)40(34,47)48/h3-11,13-14,23-24,27,35H,12,15-16H2,1-2H3,(H,52,61)(H,56,57)/t23-,24+,27-/m0/s1. The normalized spacial score (nSPS) is 17.1. The zero-order valence-electron chi connectivity index (χ0n) is 33.2. The van der Waals surface area contributed by atoms with Crippen LogP contribution < -0.4 is 15.6 Å². The number of pyridine rings is 1. The Morgan fingerprint density at radius 2 is 1.72 bits per heavy atom. The van der Waals surface area contributed by atoms with Gasteiger partial charge in [0.2, 0.25) is 15.9 Å². The van der Waals surface area contributed by atoms with Crippen molar-refractivity contribution in [3.63, 3.8) is 0 Å². The maximum atomic E-state index is 15.5. The van der Waals surface area contributed by atoms with Gasteiger partial charge in [-0.2, -0.15) is 32.1 Å². The molecule has 2 aliphatic rings. The van der Waals surface area contributed by atoms with E-state index in [2.05, 4.69) is 30.2 Å². The average Bonchev–Trinajstić information content (AvgIpc) is 3.75. The summed E-state index contributed by atoms with van der Waals surface area (Å²) in [4.78, 5) is 38.1. The van der Waals surface area contributed by atoms with Crippen molar-refractivity contribution in [2.24, 2.45) is 13.0 Å². The van der Waals surface area contributed by atoms with Gasteiger partial charge in [-0.05, 0) is 66.4 Å². The number of aryl methyl sites for hydroxylation is 1. The topological polar surface area (TPSA) is 159 Å². The number of aromatic nitrogens is 7. The second kappa shape index (κ2) is 15.3. The highest BCUT2D eigenvalue weighted by atomic mass is 35.5. The summed E-state index contributed by atoms with van der Waals surface area (Å²) in [5, 5.41) is 10.1. The molecule has 4 aromatic heterocycles. The lowest BCUT2D eigenvalue weighted by molar-refractivity contribution is -0.137. The molecule has 4 heterocycles. The first-order valence-corrected chi connectivity index (χ1v) is 21.5. The van der Waals surface area contributed by atoms with Crippen molar-refractivity contribution in [1.82, 2.24) is 39.4 Å². The summed E-state index contributed by atoms with van der Waals surface area (Å²) >= 11 is 6.58. The molecule has 9 rings (SSSR count). The molecule has 13 nitrogen and oxygen atoms in total. The van der Waals surface area contributed by atoms with Crippen LogP contribution in [0.15, 0.2) is 71.5 Å². The molecule has 1 amide bonds. The third kappa shape index (κ3) is 7.82. The average molecular weight is 950 g/mol. The summed E-state index contributed by atoms with van der Waals surface area (Å²) in [7, 11) is -2.61. The minimum Gasteiger partial charge on any atom is -0.344 e. The number of anilines is 1. The predicted octanol–water partition coefficient (Wildman–Crippen LogP) is 8.10. The Morgan fingerprint density at radius 3 is 2.40 bits per heavy atom. The molecular weight excluding hydrogens is 921 g/mol. The van der Waals surface area contributed by atoms with E-state index in [9.17, 15) is 48.7 Å². The number of halogens is 10. The number of benzene rings is 3. The summed E-state index contributed by atoms with van der Waals surface area (Å²) in [6.45, 7) is -1.08. The minimum absolute atomic E-state index is 0.00370. The Balaban J connectivity index is 1.26. The maximum absolute atomic E-state index is 15.5. The van der Waals surface area contributed by atoms with E-state index in [-0.39, 0.29) is 61.6 Å². The van der Waals surface area contributed by atoms with Gasteiger partial charge in [0.05, 0.1) is 50.6 Å². The SMILES string of the molecule is Cn1nc(NS(C)(=O)=O)c2c(Cl)ccc(-n3c([C@H](Cc4cc(F)cc(F)c4)NC(=O)Cn4nc(C(F)F)c5c4C(F)(F)[C@@H]4C[C@H]54)nc4nc(-c5cccc(C(F)(F)F)c5)ccc4c3=O)c21. The molecule has 3 aromatic carbocycles. The first-order valence-electron chi connectivity index (χ1n) is 19.3. The summed E-state index contributed by atoms with van der Waals surface area (Å²) in [6.07, 6.45) is -7.82. The second-order valence-corrected chi connectivity index (χ2v) is 17.8. The van der Waals surface area contributed by atoms with E-state index >= 15 is 8.78 Å². The number of carbonyl (C=O) groups is 1. The fourth-order valence-corrected chi connectivity index (χ4v) is 9.21. The molecule has 0 radical (unpaired) electrons. The number of amides is 1. The van der Waals surface area contributed by atoms with Gasteiger partial charge in [-0.15, -0.1) is 0 Å². The Kier molecular flexibility index (Phi) is 10.3. The number of carbonyl (C=O) groups excluding carboxylic acids is 1. The van der Waals surface area contributed by atoms with E-state index < -0.39 is 111 Å². The van der Waals surface area contributed by atoms with E-state index in [1.165, 1.54) is 42.1 Å². The van der Waals surface area contributed by atoms with Crippen LogP contribution in [0.5, 0.6) is 0 Å². The predicted molar refractivity (Wildman–Crippen MR) is 216 cm³/mol. The van der Waals surface area contributed by atoms with Crippen LogP contribution >= 0.6 is 11.6 Å². The lowest BCUT2D eigenvalue weighted by Crippen LogP contribution is -2.38. The molecule has 0 spiro atoms. The number of alkyl halides is 7. The van der Waals surface area contributed by atoms with Gasteiger partial charge in [0.25, 0.3) is 17.9 Å². The van der Waals surface area contributed by atoms with Crippen molar-refractivity contribution >= 4 is 55.3 Å². The van der Waals surface area contributed by atoms with Gasteiger partial charge >= 0.3 is 6.18 Å². The van der Waals surface area contributed by atoms with Crippen molar-refractivity contribution in [1.29, 1.82) is 0 Å². The Labute approximate surface area is 364 Å². The van der Waals surface area contributed by atoms with Gasteiger partial charge in [0, 0.05) is 36.6 Å². The van der Waals surface area contributed by atoms with Gasteiger partial charge < -0.3 is 5.32 Å². The Bertz CT molecular complexity index is 3300. The van der Waals surface area contributed by atoms with Crippen molar-refractivity contribution in [3.8, 4) is 16.9 Å². The maximum Gasteiger partial charge on any atom is 0.416 e. The van der Waals surface area contributed by atoms with Crippen LogP contribution in [0.25, 0.3) is 38.9 Å². The molecule has 338 valence electrons. The molecule has 65 heavy (non-hydrogen) atoms. The zero-order chi connectivity index (χ0) is 46.7. The van der Waals surface area contributed by atoms with Crippen LogP contribution in [-0.2, 0) is 46.9 Å². The molecule has 24 heteroatoms. The fourth-order valence-electron chi connectivity index (χ4n) is 8.48. The minimum atomic E-state index is -4.74. The summed E-state index contributed by atoms with van der Waals surface area (Å²) in [6, 6.07) is 9.81. The van der Waals surface area contributed by atoms with Crippen LogP contribution in [0.4, 0.5) is 45.3 Å². The Morgan fingerprint density at radius 1 is 1.00 bits per heavy atom. The highest BCUT2D eigenvalue weighted by molar-refractivity contribution is 7.92. The lowest BCUT2D eigenvalue weighted by atomic mass is 10.0. The molecule has 1 saturated carbocycles. The first-order chi connectivity index (χ1) is 30.5. The van der Waals surface area contributed by atoms with Crippen molar-refractivity contribution in [2.45, 2.75) is 49.9 Å². The number of sulfonamides is 1. The van der Waals surface area contributed by atoms with Crippen molar-refractivity contribution in [3.05, 3.63) is 128 Å². The summed E-state index contributed by atoms with van der Waals surface area (Å²) in [5.74, 6) is -9.79. The molecule has 2 N–H and O–H groups in total. The van der Waals surface area contributed by atoms with E-state index in [1.54, 1.807) is 0 Å². The number of nitrogens with one attached hydrogen (secondary N) is 2. The van der Waals surface area contributed by atoms with Crippen LogP contribution in [0.2, 0.25) is 5.02 Å². The Hall–Kier alpha value is -6.49. The smallest absolute Gasteiger partial charge is 0.344 e. The molecular formula is C41H29ClF9N9O4S. The number of rotatable bonds is 11. The largest absolute Gasteiger partial charge is 0.416 e. The summed E-state index contributed by atoms with van der Waals surface area (Å²) in [5.41, 5.74) is -4.90. The fraction of sp³-hybridized carbons (Fsp3) is 0.268. The lowest BCUT2D eigenvalue weighted by Gasteiger charge is -2.24. The zero-order valence-corrected chi connectivity index (χ0v) is 34.8. The van der Waals surface area contributed by atoms with E-state index in [0.29, 0.717) is 10.7 Å². The number of hydrogen-bond donors (Lipinski definition) is 2. The number of nitrogens with zero attached hydrogens (tertiary/aromatic N) is 7. The van der Waals surface area contributed by atoms with Crippen molar-refractivity contribution in [2.75, 3.05) is 11.0 Å². The summed E-state index contributed by atoms with van der Waals surface area (Å²) < 4.78 is 160. The van der Waals surface area contributed by atoms with Gasteiger partial charge in [-0.25, -0.2) is 35.9 Å². The molecule has 0 unspecified atom stereocenters. The second-order valence-electron chi connectivity index (χ2n) is 15.7. The first kappa shape index (κ1) is 43.7. The quantitative estimate of drug-likeness (QED) is 0.123. The third-order valence-electron chi connectivity index (χ3n) is 11.2. The monoisotopic (exact) mass is 949 g/mol. The van der Waals surface area contributed by atoms with E-state index in [4.69, 9.17) is 11.6 Å². The molecule has 3 atom stereocenters. The third-order valence-corrected chi connectivity index (χ3v) is 12.0. The van der Waals surface area contributed by atoms with Gasteiger partial charge in [-0.3, -0.25) is 28.2 Å². The van der Waals surface area contributed by atoms with Gasteiger partial charge in [0.1, 0.15) is 35.4 Å². The molecule has 0 bridgehead atoms. The number of fused-ring (bicyclic) bond motifs is 5. The van der Waals surface area contributed by atoms with Gasteiger partial charge in [-0.1, -0.05) is 23.7 Å². The van der Waals surface area contributed by atoms with Crippen LogP contribution in [0, 0.1) is 17.6 Å². The molecule has 2 aliphatic carbocycles. The highest BCUT2D eigenvalue weighted by Crippen LogP contribution is 2.68. The van der Waals surface area contributed by atoms with Crippen LogP contribution in [0.1, 0.15) is 58.7 Å². The van der Waals surface area contributed by atoms with Crippen molar-refractivity contribution < 1.29 is 52.7 Å². The molecule has 1 fully saturated rings. The number of hydrogen-bond acceptors (Lipinski definition) is 8. The highest BCUT2D eigenvalue weighted by Gasteiger charge is 2.67. The van der Waals surface area contributed by atoms with Gasteiger partial charge in [0.15, 0.2) is 11.5 Å². The molecule has 0 saturated heterocycles. The van der Waals surface area contributed by atoms with E-state index in [0.717, 1.165) is 41.2 Å². The van der Waals surface area contributed by atoms with E-state index in [1.807, 2.05) is 0 Å². The molecule has 0 aliphatic heterocycles.